The molecule has 0 bridgehead atoms. The van der Waals surface area contributed by atoms with Crippen molar-refractivity contribution in [2.75, 3.05) is 6.61 Å². The predicted molar refractivity (Wildman–Crippen MR) is 62.8 cm³/mol. The monoisotopic (exact) mass is 217 g/mol. The average Bonchev–Trinajstić information content (AvgIpc) is 3.08. The van der Waals surface area contributed by atoms with E-state index in [0.717, 1.165) is 5.56 Å². The highest BCUT2D eigenvalue weighted by Gasteiger charge is 2.41. The van der Waals surface area contributed by atoms with Gasteiger partial charge in [0.25, 0.3) is 0 Å². The predicted octanol–water partition coefficient (Wildman–Crippen LogP) is 1.60. The fourth-order valence-electron chi connectivity index (χ4n) is 1.54. The minimum absolute atomic E-state index is 0.124. The van der Waals surface area contributed by atoms with Crippen molar-refractivity contribution < 1.29 is 9.53 Å². The molecule has 0 aromatic heterocycles. The molecular weight excluding hydrogens is 202 g/mol. The van der Waals surface area contributed by atoms with E-state index in [1.807, 2.05) is 49.4 Å². The molecule has 0 aliphatic carbocycles. The lowest BCUT2D eigenvalue weighted by molar-refractivity contribution is -0.142. The Hall–Kier alpha value is -1.61. The number of hydrogen-bond acceptors (Lipinski definition) is 3. The molecule has 2 atom stereocenters. The Labute approximate surface area is 95.1 Å². The summed E-state index contributed by atoms with van der Waals surface area (Å²) in [6.07, 6.45) is 4.01. The zero-order chi connectivity index (χ0) is 11.4. The maximum atomic E-state index is 11.3. The molecule has 1 heterocycles. The molecule has 0 spiro atoms. The molecule has 0 unspecified atom stereocenters. The number of ether oxygens (including phenoxy) is 1. The smallest absolute Gasteiger partial charge is 0.325 e. The molecule has 16 heavy (non-hydrogen) atoms. The Kier molecular flexibility index (Phi) is 3.37. The Bertz CT molecular complexity index is 386. The minimum atomic E-state index is -0.162. The molecule has 2 rings (SSSR count). The number of carbonyl (C=O) groups excluding carboxylic acids is 1. The van der Waals surface area contributed by atoms with Gasteiger partial charge in [0, 0.05) is 0 Å². The fourth-order valence-corrected chi connectivity index (χ4v) is 1.54. The molecule has 0 radical (unpaired) electrons. The Morgan fingerprint density at radius 1 is 1.44 bits per heavy atom. The molecular formula is C13H15NO2. The minimum Gasteiger partial charge on any atom is -0.465 e. The topological polar surface area (TPSA) is 48.2 Å². The van der Waals surface area contributed by atoms with Crippen LogP contribution >= 0.6 is 0 Å². The lowest BCUT2D eigenvalue weighted by atomic mass is 10.2. The van der Waals surface area contributed by atoms with Gasteiger partial charge in [0.05, 0.1) is 12.6 Å². The van der Waals surface area contributed by atoms with Crippen LogP contribution in [-0.2, 0) is 9.53 Å². The van der Waals surface area contributed by atoms with E-state index >= 15 is 0 Å². The molecule has 0 saturated carbocycles. The van der Waals surface area contributed by atoms with Crippen LogP contribution in [0, 0.1) is 0 Å². The Balaban J connectivity index is 1.85. The van der Waals surface area contributed by atoms with Gasteiger partial charge in [-0.1, -0.05) is 42.5 Å². The Morgan fingerprint density at radius 3 is 2.88 bits per heavy atom. The third kappa shape index (κ3) is 2.70. The van der Waals surface area contributed by atoms with Gasteiger partial charge < -0.3 is 4.74 Å². The highest BCUT2D eigenvalue weighted by Crippen LogP contribution is 2.15. The van der Waals surface area contributed by atoms with E-state index in [1.165, 1.54) is 0 Å². The lowest BCUT2D eigenvalue weighted by Gasteiger charge is -1.96. The van der Waals surface area contributed by atoms with Crippen LogP contribution in [0.1, 0.15) is 12.5 Å². The summed E-state index contributed by atoms with van der Waals surface area (Å²) in [5.74, 6) is -0.162. The molecule has 0 amide bonds. The van der Waals surface area contributed by atoms with E-state index in [4.69, 9.17) is 4.74 Å². The average molecular weight is 217 g/mol. The number of benzene rings is 1. The van der Waals surface area contributed by atoms with Gasteiger partial charge in [-0.05, 0) is 12.5 Å². The van der Waals surface area contributed by atoms with Gasteiger partial charge in [0.2, 0.25) is 0 Å². The highest BCUT2D eigenvalue weighted by atomic mass is 16.5. The molecule has 1 fully saturated rings. The van der Waals surface area contributed by atoms with Crippen LogP contribution in [0.2, 0.25) is 0 Å². The molecule has 1 N–H and O–H groups in total. The summed E-state index contributed by atoms with van der Waals surface area (Å²) in [7, 11) is 0. The number of esters is 1. The first-order valence-corrected chi connectivity index (χ1v) is 5.47. The van der Waals surface area contributed by atoms with E-state index in [2.05, 4.69) is 5.32 Å². The van der Waals surface area contributed by atoms with Gasteiger partial charge in [-0.3, -0.25) is 10.1 Å². The summed E-state index contributed by atoms with van der Waals surface area (Å²) in [6.45, 7) is 2.25. The third-order valence-corrected chi connectivity index (χ3v) is 2.46. The zero-order valence-electron chi connectivity index (χ0n) is 9.22. The van der Waals surface area contributed by atoms with E-state index < -0.39 is 0 Å². The second kappa shape index (κ2) is 4.94. The van der Waals surface area contributed by atoms with Crippen LogP contribution in [-0.4, -0.2) is 24.7 Å². The van der Waals surface area contributed by atoms with Crippen molar-refractivity contribution in [2.24, 2.45) is 0 Å². The fraction of sp³-hybridized carbons (Fsp3) is 0.308. The second-order valence-corrected chi connectivity index (χ2v) is 3.69. The standard InChI is InChI=1S/C13H15NO2/c1-2-16-13(15)12-11(14-12)9-8-10-6-4-3-5-7-10/h3-9,11-12,14H,2H2,1H3/b9-8+/t11-,12+/m0/s1. The SMILES string of the molecule is CCOC(=O)[C@@H]1N[C@H]1/C=C/c1ccccc1. The molecule has 1 aliphatic heterocycles. The van der Waals surface area contributed by atoms with Crippen molar-refractivity contribution in [3.63, 3.8) is 0 Å². The summed E-state index contributed by atoms with van der Waals surface area (Å²) in [5.41, 5.74) is 1.14. The molecule has 3 nitrogen and oxygen atoms in total. The van der Waals surface area contributed by atoms with Crippen molar-refractivity contribution >= 4 is 12.0 Å². The summed E-state index contributed by atoms with van der Waals surface area (Å²) in [4.78, 5) is 11.3. The van der Waals surface area contributed by atoms with Crippen molar-refractivity contribution in [1.82, 2.24) is 5.32 Å². The third-order valence-electron chi connectivity index (χ3n) is 2.46. The van der Waals surface area contributed by atoms with Gasteiger partial charge >= 0.3 is 5.97 Å². The molecule has 1 aliphatic rings. The van der Waals surface area contributed by atoms with Gasteiger partial charge in [-0.25, -0.2) is 0 Å². The normalized spacial score (nSPS) is 23.3. The largest absolute Gasteiger partial charge is 0.465 e. The Morgan fingerprint density at radius 2 is 2.19 bits per heavy atom. The molecule has 1 saturated heterocycles. The number of nitrogens with one attached hydrogen (secondary N) is 1. The second-order valence-electron chi connectivity index (χ2n) is 3.69. The van der Waals surface area contributed by atoms with Crippen LogP contribution in [0.3, 0.4) is 0 Å². The number of hydrogen-bond donors (Lipinski definition) is 1. The van der Waals surface area contributed by atoms with Gasteiger partial charge in [-0.2, -0.15) is 0 Å². The summed E-state index contributed by atoms with van der Waals surface area (Å²) < 4.78 is 4.91. The van der Waals surface area contributed by atoms with E-state index in [9.17, 15) is 4.79 Å². The summed E-state index contributed by atoms with van der Waals surface area (Å²) in [6, 6.07) is 9.98. The van der Waals surface area contributed by atoms with Gasteiger partial charge in [-0.15, -0.1) is 0 Å². The van der Waals surface area contributed by atoms with Crippen molar-refractivity contribution in [3.8, 4) is 0 Å². The van der Waals surface area contributed by atoms with Crippen LogP contribution in [0.4, 0.5) is 0 Å². The first kappa shape index (κ1) is 10.9. The van der Waals surface area contributed by atoms with Crippen molar-refractivity contribution in [3.05, 3.63) is 42.0 Å². The van der Waals surface area contributed by atoms with Crippen LogP contribution in [0.15, 0.2) is 36.4 Å². The van der Waals surface area contributed by atoms with Crippen molar-refractivity contribution in [2.45, 2.75) is 19.0 Å². The highest BCUT2D eigenvalue weighted by molar-refractivity contribution is 5.81. The number of rotatable bonds is 4. The van der Waals surface area contributed by atoms with Crippen LogP contribution in [0.5, 0.6) is 0 Å². The molecule has 1 aromatic carbocycles. The van der Waals surface area contributed by atoms with E-state index in [-0.39, 0.29) is 18.1 Å². The van der Waals surface area contributed by atoms with Gasteiger partial charge in [0.1, 0.15) is 6.04 Å². The molecule has 1 aromatic rings. The zero-order valence-corrected chi connectivity index (χ0v) is 9.22. The van der Waals surface area contributed by atoms with E-state index in [1.54, 1.807) is 0 Å². The van der Waals surface area contributed by atoms with Crippen LogP contribution < -0.4 is 5.32 Å². The lowest BCUT2D eigenvalue weighted by Crippen LogP contribution is -2.14. The molecule has 3 heteroatoms. The van der Waals surface area contributed by atoms with Gasteiger partial charge in [0.15, 0.2) is 0 Å². The maximum Gasteiger partial charge on any atom is 0.325 e. The van der Waals surface area contributed by atoms with E-state index in [0.29, 0.717) is 6.61 Å². The van der Waals surface area contributed by atoms with Crippen molar-refractivity contribution in [1.29, 1.82) is 0 Å². The number of carbonyl (C=O) groups is 1. The quantitative estimate of drug-likeness (QED) is 0.615. The maximum absolute atomic E-state index is 11.3. The molecule has 84 valence electrons. The summed E-state index contributed by atoms with van der Waals surface area (Å²) in [5, 5.41) is 3.06. The first-order valence-electron chi connectivity index (χ1n) is 5.47. The first-order chi connectivity index (χ1) is 7.81. The summed E-state index contributed by atoms with van der Waals surface area (Å²) >= 11 is 0. The van der Waals surface area contributed by atoms with Crippen LogP contribution in [0.25, 0.3) is 6.08 Å².